The molecular formula is C8H4I2O2. The van der Waals surface area contributed by atoms with Gasteiger partial charge in [0.2, 0.25) is 0 Å². The van der Waals surface area contributed by atoms with Crippen LogP contribution < -0.4 is 4.74 Å². The van der Waals surface area contributed by atoms with Gasteiger partial charge in [-0.2, -0.15) is 0 Å². The molecule has 12 heavy (non-hydrogen) atoms. The first kappa shape index (κ1) is 8.74. The Kier molecular flexibility index (Phi) is 2.28. The highest BCUT2D eigenvalue weighted by atomic mass is 127. The van der Waals surface area contributed by atoms with Crippen LogP contribution in [-0.2, 0) is 11.2 Å². The monoisotopic (exact) mass is 386 g/mol. The van der Waals surface area contributed by atoms with Crippen LogP contribution in [-0.4, -0.2) is 5.97 Å². The van der Waals surface area contributed by atoms with Crippen LogP contribution in [0.1, 0.15) is 5.56 Å². The first-order valence-electron chi connectivity index (χ1n) is 3.35. The van der Waals surface area contributed by atoms with E-state index in [-0.39, 0.29) is 5.97 Å². The van der Waals surface area contributed by atoms with Crippen LogP contribution in [0.2, 0.25) is 0 Å². The first-order chi connectivity index (χ1) is 5.66. The Labute approximate surface area is 97.0 Å². The smallest absolute Gasteiger partial charge is 0.315 e. The summed E-state index contributed by atoms with van der Waals surface area (Å²) in [4.78, 5) is 10.9. The third kappa shape index (κ3) is 1.46. The number of esters is 1. The van der Waals surface area contributed by atoms with Crippen LogP contribution in [0.4, 0.5) is 0 Å². The lowest BCUT2D eigenvalue weighted by molar-refractivity contribution is -0.131. The molecule has 0 N–H and O–H groups in total. The number of carbonyl (C=O) groups is 1. The zero-order valence-corrected chi connectivity index (χ0v) is 10.2. The minimum absolute atomic E-state index is 0.150. The lowest BCUT2D eigenvalue weighted by atomic mass is 10.2. The molecule has 0 atom stereocenters. The largest absolute Gasteiger partial charge is 0.426 e. The lowest BCUT2D eigenvalue weighted by Crippen LogP contribution is -2.00. The molecule has 1 aliphatic heterocycles. The summed E-state index contributed by atoms with van der Waals surface area (Å²) in [7, 11) is 0. The molecule has 1 aliphatic rings. The maximum Gasteiger partial charge on any atom is 0.315 e. The summed E-state index contributed by atoms with van der Waals surface area (Å²) in [5, 5.41) is 0. The molecule has 0 saturated carbocycles. The molecule has 0 bridgehead atoms. The van der Waals surface area contributed by atoms with Crippen LogP contribution >= 0.6 is 45.2 Å². The zero-order valence-electron chi connectivity index (χ0n) is 5.93. The van der Waals surface area contributed by atoms with Gasteiger partial charge in [-0.05, 0) is 57.3 Å². The highest BCUT2D eigenvalue weighted by molar-refractivity contribution is 14.1. The van der Waals surface area contributed by atoms with Crippen molar-refractivity contribution in [3.63, 3.8) is 0 Å². The van der Waals surface area contributed by atoms with E-state index in [0.717, 1.165) is 14.9 Å². The van der Waals surface area contributed by atoms with E-state index in [9.17, 15) is 4.79 Å². The van der Waals surface area contributed by atoms with E-state index in [1.807, 2.05) is 12.1 Å². The molecule has 0 aliphatic carbocycles. The molecule has 0 radical (unpaired) electrons. The van der Waals surface area contributed by atoms with Crippen molar-refractivity contribution in [3.05, 3.63) is 24.8 Å². The van der Waals surface area contributed by atoms with Gasteiger partial charge < -0.3 is 4.74 Å². The molecule has 0 saturated heterocycles. The predicted molar refractivity (Wildman–Crippen MR) is 61.2 cm³/mol. The fraction of sp³-hybridized carbons (Fsp3) is 0.125. The zero-order chi connectivity index (χ0) is 8.72. The second-order valence-electron chi connectivity index (χ2n) is 2.52. The van der Waals surface area contributed by atoms with E-state index < -0.39 is 0 Å². The van der Waals surface area contributed by atoms with Crippen molar-refractivity contribution in [3.8, 4) is 5.75 Å². The second-order valence-corrected chi connectivity index (χ2v) is 4.85. The molecule has 0 fully saturated rings. The minimum Gasteiger partial charge on any atom is -0.426 e. The van der Waals surface area contributed by atoms with Gasteiger partial charge in [0.15, 0.2) is 0 Å². The molecule has 0 aromatic heterocycles. The van der Waals surface area contributed by atoms with Gasteiger partial charge in [0.25, 0.3) is 0 Å². The van der Waals surface area contributed by atoms with E-state index in [0.29, 0.717) is 6.42 Å². The molecule has 1 aromatic carbocycles. The fourth-order valence-electron chi connectivity index (χ4n) is 1.12. The van der Waals surface area contributed by atoms with Crippen molar-refractivity contribution in [1.82, 2.24) is 0 Å². The van der Waals surface area contributed by atoms with Gasteiger partial charge in [0, 0.05) is 12.7 Å². The number of halogens is 2. The normalized spacial score (nSPS) is 14.3. The van der Waals surface area contributed by atoms with Crippen molar-refractivity contribution in [2.45, 2.75) is 6.42 Å². The Morgan fingerprint density at radius 2 is 1.92 bits per heavy atom. The average Bonchev–Trinajstić information content (AvgIpc) is 2.30. The Balaban J connectivity index is 2.55. The Morgan fingerprint density at radius 1 is 1.25 bits per heavy atom. The van der Waals surface area contributed by atoms with Gasteiger partial charge in [-0.15, -0.1) is 0 Å². The standard InChI is InChI=1S/C8H4I2O2/c9-5-1-4-2-8(11)12-7(4)3-6(5)10/h1,3H,2H2. The average molecular weight is 386 g/mol. The van der Waals surface area contributed by atoms with Gasteiger partial charge in [0.1, 0.15) is 5.75 Å². The summed E-state index contributed by atoms with van der Waals surface area (Å²) < 4.78 is 7.29. The number of hydrogen-bond donors (Lipinski definition) is 0. The Hall–Kier alpha value is 0.150. The summed E-state index contributed by atoms with van der Waals surface area (Å²) in [6, 6.07) is 3.91. The number of ether oxygens (including phenoxy) is 1. The van der Waals surface area contributed by atoms with E-state index in [1.165, 1.54) is 3.57 Å². The number of fused-ring (bicyclic) bond motifs is 1. The fourth-order valence-corrected chi connectivity index (χ4v) is 2.09. The summed E-state index contributed by atoms with van der Waals surface area (Å²) >= 11 is 4.48. The molecule has 1 heterocycles. The summed E-state index contributed by atoms with van der Waals surface area (Å²) in [6.07, 6.45) is 0.419. The maximum absolute atomic E-state index is 10.9. The van der Waals surface area contributed by atoms with Crippen LogP contribution in [0.25, 0.3) is 0 Å². The molecule has 1 aromatic rings. The van der Waals surface area contributed by atoms with Crippen LogP contribution in [0, 0.1) is 7.14 Å². The number of carbonyl (C=O) groups excluding carboxylic acids is 1. The van der Waals surface area contributed by atoms with Crippen molar-refractivity contribution < 1.29 is 9.53 Å². The highest BCUT2D eigenvalue weighted by Gasteiger charge is 2.21. The van der Waals surface area contributed by atoms with Gasteiger partial charge in [-0.3, -0.25) is 4.79 Å². The van der Waals surface area contributed by atoms with Crippen LogP contribution in [0.3, 0.4) is 0 Å². The van der Waals surface area contributed by atoms with Gasteiger partial charge in [0.05, 0.1) is 6.42 Å². The Morgan fingerprint density at radius 3 is 2.67 bits per heavy atom. The van der Waals surface area contributed by atoms with Crippen molar-refractivity contribution in [1.29, 1.82) is 0 Å². The molecule has 0 unspecified atom stereocenters. The summed E-state index contributed by atoms with van der Waals surface area (Å²) in [6.45, 7) is 0. The van der Waals surface area contributed by atoms with Gasteiger partial charge >= 0.3 is 5.97 Å². The summed E-state index contributed by atoms with van der Waals surface area (Å²) in [5.41, 5.74) is 1.00. The van der Waals surface area contributed by atoms with E-state index in [4.69, 9.17) is 4.74 Å². The van der Waals surface area contributed by atoms with Crippen molar-refractivity contribution in [2.75, 3.05) is 0 Å². The molecular weight excluding hydrogens is 382 g/mol. The van der Waals surface area contributed by atoms with Crippen molar-refractivity contribution in [2.24, 2.45) is 0 Å². The van der Waals surface area contributed by atoms with E-state index in [1.54, 1.807) is 0 Å². The first-order valence-corrected chi connectivity index (χ1v) is 5.51. The molecule has 0 spiro atoms. The van der Waals surface area contributed by atoms with E-state index >= 15 is 0 Å². The van der Waals surface area contributed by atoms with E-state index in [2.05, 4.69) is 45.2 Å². The number of rotatable bonds is 0. The number of benzene rings is 1. The molecule has 4 heteroatoms. The molecule has 2 nitrogen and oxygen atoms in total. The van der Waals surface area contributed by atoms with Crippen molar-refractivity contribution >= 4 is 51.2 Å². The maximum atomic E-state index is 10.9. The third-order valence-corrected chi connectivity index (χ3v) is 4.48. The summed E-state index contributed by atoms with van der Waals surface area (Å²) in [5.74, 6) is 0.576. The lowest BCUT2D eigenvalue weighted by Gasteiger charge is -1.99. The van der Waals surface area contributed by atoms with Crippen LogP contribution in [0.5, 0.6) is 5.75 Å². The minimum atomic E-state index is -0.150. The molecule has 2 rings (SSSR count). The van der Waals surface area contributed by atoms with Gasteiger partial charge in [-0.1, -0.05) is 0 Å². The molecule has 0 amide bonds. The SMILES string of the molecule is O=C1Cc2cc(I)c(I)cc2O1. The third-order valence-electron chi connectivity index (χ3n) is 1.66. The van der Waals surface area contributed by atoms with Crippen LogP contribution in [0.15, 0.2) is 12.1 Å². The highest BCUT2D eigenvalue weighted by Crippen LogP contribution is 2.30. The predicted octanol–water partition coefficient (Wildman–Crippen LogP) is 2.36. The topological polar surface area (TPSA) is 26.3 Å². The Bertz CT molecular complexity index is 327. The number of hydrogen-bond acceptors (Lipinski definition) is 2. The van der Waals surface area contributed by atoms with Gasteiger partial charge in [-0.25, -0.2) is 0 Å². The molecule has 62 valence electrons. The second kappa shape index (κ2) is 3.13. The quantitative estimate of drug-likeness (QED) is 0.389.